The van der Waals surface area contributed by atoms with Gasteiger partial charge in [-0.2, -0.15) is 0 Å². The lowest BCUT2D eigenvalue weighted by Crippen LogP contribution is -2.25. The average Bonchev–Trinajstić information content (AvgIpc) is 2.52. The Morgan fingerprint density at radius 3 is 2.27 bits per heavy atom. The summed E-state index contributed by atoms with van der Waals surface area (Å²) in [7, 11) is 0. The Morgan fingerprint density at radius 2 is 1.68 bits per heavy atom. The summed E-state index contributed by atoms with van der Waals surface area (Å²) in [5, 5.41) is 0. The van der Waals surface area contributed by atoms with E-state index in [-0.39, 0.29) is 0 Å². The Balaban J connectivity index is 2.06. The van der Waals surface area contributed by atoms with E-state index in [2.05, 4.69) is 0 Å². The highest BCUT2D eigenvalue weighted by atomic mass is 16.5. The molecule has 0 fully saturated rings. The minimum absolute atomic E-state index is 0.548. The van der Waals surface area contributed by atoms with Gasteiger partial charge in [-0.25, -0.2) is 4.79 Å². The van der Waals surface area contributed by atoms with Crippen molar-refractivity contribution in [3.8, 4) is 0 Å². The summed E-state index contributed by atoms with van der Waals surface area (Å²) in [6.07, 6.45) is 1.82. The molecule has 4 heteroatoms. The van der Waals surface area contributed by atoms with Crippen LogP contribution in [0.3, 0.4) is 0 Å². The first-order chi connectivity index (χ1) is 10.6. The number of hydrogen-bond acceptors (Lipinski definition) is 3. The van der Waals surface area contributed by atoms with Gasteiger partial charge in [0.15, 0.2) is 0 Å². The molecular weight excluding hydrogens is 278 g/mol. The van der Waals surface area contributed by atoms with Crippen LogP contribution in [0.2, 0.25) is 0 Å². The Morgan fingerprint density at radius 1 is 1.05 bits per heavy atom. The van der Waals surface area contributed by atoms with E-state index < -0.39 is 18.0 Å². The number of nitrogens with two attached hydrogens (primary N) is 1. The number of carbonyl (C=O) groups excluding carboxylic acids is 2. The van der Waals surface area contributed by atoms with Crippen LogP contribution >= 0.6 is 0 Å². The van der Waals surface area contributed by atoms with Gasteiger partial charge in [-0.15, -0.1) is 0 Å². The Bertz CT molecular complexity index is 675. The zero-order valence-corrected chi connectivity index (χ0v) is 12.2. The number of hydrogen-bond donors (Lipinski definition) is 1. The maximum atomic E-state index is 11.9. The molecule has 0 heterocycles. The Labute approximate surface area is 129 Å². The summed E-state index contributed by atoms with van der Waals surface area (Å²) in [5.41, 5.74) is 7.86. The molecule has 0 saturated heterocycles. The van der Waals surface area contributed by atoms with Crippen molar-refractivity contribution in [2.75, 3.05) is 0 Å². The van der Waals surface area contributed by atoms with Crippen molar-refractivity contribution in [3.05, 3.63) is 77.4 Å². The normalized spacial score (nSPS) is 12.0. The van der Waals surface area contributed by atoms with Gasteiger partial charge in [0.05, 0.1) is 0 Å². The molecule has 0 radical (unpaired) electrons. The first-order valence-corrected chi connectivity index (χ1v) is 6.86. The molecule has 1 amide bonds. The molecule has 0 aliphatic rings. The van der Waals surface area contributed by atoms with Crippen LogP contribution in [0.15, 0.2) is 60.7 Å². The zero-order valence-electron chi connectivity index (χ0n) is 12.2. The fourth-order valence-corrected chi connectivity index (χ4v) is 1.92. The number of rotatable bonds is 5. The van der Waals surface area contributed by atoms with Crippen LogP contribution in [0.4, 0.5) is 0 Å². The first kappa shape index (κ1) is 15.5. The quantitative estimate of drug-likeness (QED) is 0.681. The van der Waals surface area contributed by atoms with Gasteiger partial charge in [-0.3, -0.25) is 4.79 Å². The third kappa shape index (κ3) is 4.31. The molecule has 0 spiro atoms. The highest BCUT2D eigenvalue weighted by molar-refractivity contribution is 5.90. The molecule has 0 aromatic heterocycles. The van der Waals surface area contributed by atoms with Crippen LogP contribution in [-0.4, -0.2) is 11.9 Å². The van der Waals surface area contributed by atoms with E-state index in [1.165, 1.54) is 6.08 Å². The largest absolute Gasteiger partial charge is 0.444 e. The molecule has 4 nitrogen and oxygen atoms in total. The van der Waals surface area contributed by atoms with Crippen molar-refractivity contribution in [2.45, 2.75) is 13.0 Å². The molecule has 1 atom stereocenters. The van der Waals surface area contributed by atoms with Gasteiger partial charge in [0.2, 0.25) is 6.10 Å². The van der Waals surface area contributed by atoms with Crippen LogP contribution < -0.4 is 5.73 Å². The van der Waals surface area contributed by atoms with Gasteiger partial charge in [0.25, 0.3) is 5.91 Å². The second-order valence-electron chi connectivity index (χ2n) is 4.87. The zero-order chi connectivity index (χ0) is 15.9. The van der Waals surface area contributed by atoms with E-state index in [0.29, 0.717) is 5.56 Å². The summed E-state index contributed by atoms with van der Waals surface area (Å²) in [6, 6.07) is 16.4. The number of carbonyl (C=O) groups is 2. The van der Waals surface area contributed by atoms with Crippen molar-refractivity contribution >= 4 is 18.0 Å². The van der Waals surface area contributed by atoms with Crippen molar-refractivity contribution in [3.63, 3.8) is 0 Å². The van der Waals surface area contributed by atoms with Crippen molar-refractivity contribution < 1.29 is 14.3 Å². The molecule has 112 valence electrons. The molecule has 0 aliphatic carbocycles. The van der Waals surface area contributed by atoms with E-state index in [0.717, 1.165) is 11.1 Å². The average molecular weight is 295 g/mol. The predicted molar refractivity (Wildman–Crippen MR) is 84.7 cm³/mol. The molecule has 2 aromatic carbocycles. The highest BCUT2D eigenvalue weighted by Gasteiger charge is 2.21. The molecule has 0 bridgehead atoms. The number of primary amides is 1. The van der Waals surface area contributed by atoms with Gasteiger partial charge < -0.3 is 10.5 Å². The minimum atomic E-state index is -1.09. The third-order valence-electron chi connectivity index (χ3n) is 3.08. The molecule has 0 saturated carbocycles. The number of esters is 1. The van der Waals surface area contributed by atoms with Crippen LogP contribution in [0.25, 0.3) is 6.08 Å². The van der Waals surface area contributed by atoms with Gasteiger partial charge in [0.1, 0.15) is 0 Å². The summed E-state index contributed by atoms with van der Waals surface area (Å²) >= 11 is 0. The van der Waals surface area contributed by atoms with Crippen LogP contribution in [0.1, 0.15) is 22.8 Å². The topological polar surface area (TPSA) is 69.4 Å². The van der Waals surface area contributed by atoms with E-state index in [9.17, 15) is 9.59 Å². The lowest BCUT2D eigenvalue weighted by Gasteiger charge is -2.13. The lowest BCUT2D eigenvalue weighted by atomic mass is 10.1. The second-order valence-corrected chi connectivity index (χ2v) is 4.87. The molecular formula is C18H17NO3. The van der Waals surface area contributed by atoms with Gasteiger partial charge >= 0.3 is 5.97 Å². The fourth-order valence-electron chi connectivity index (χ4n) is 1.92. The first-order valence-electron chi connectivity index (χ1n) is 6.86. The summed E-state index contributed by atoms with van der Waals surface area (Å²) in [5.74, 6) is -1.32. The molecule has 1 unspecified atom stereocenters. The van der Waals surface area contributed by atoms with Crippen molar-refractivity contribution in [2.24, 2.45) is 5.73 Å². The monoisotopic (exact) mass is 295 g/mol. The van der Waals surface area contributed by atoms with Crippen LogP contribution in [-0.2, 0) is 14.3 Å². The second kappa shape index (κ2) is 7.22. The molecule has 2 N–H and O–H groups in total. The maximum absolute atomic E-state index is 11.9. The van der Waals surface area contributed by atoms with Crippen LogP contribution in [0, 0.1) is 6.92 Å². The fraction of sp³-hybridized carbons (Fsp3) is 0.111. The number of ether oxygens (including phenoxy) is 1. The summed E-state index contributed by atoms with van der Waals surface area (Å²) in [6.45, 7) is 1.99. The lowest BCUT2D eigenvalue weighted by molar-refractivity contribution is -0.150. The standard InChI is InChI=1S/C18H17NO3/c1-13-7-9-14(10-8-13)11-12-16(20)22-17(18(19)21)15-5-3-2-4-6-15/h2-12,17H,1H3,(H2,19,21)/b12-11+. The molecule has 2 aromatic rings. The number of amides is 1. The third-order valence-corrected chi connectivity index (χ3v) is 3.08. The molecule has 2 rings (SSSR count). The van der Waals surface area contributed by atoms with E-state index in [1.54, 1.807) is 36.4 Å². The highest BCUT2D eigenvalue weighted by Crippen LogP contribution is 2.17. The summed E-state index contributed by atoms with van der Waals surface area (Å²) in [4.78, 5) is 23.3. The van der Waals surface area contributed by atoms with E-state index in [4.69, 9.17) is 10.5 Å². The van der Waals surface area contributed by atoms with Crippen LogP contribution in [0.5, 0.6) is 0 Å². The van der Waals surface area contributed by atoms with Gasteiger partial charge in [-0.05, 0) is 18.6 Å². The maximum Gasteiger partial charge on any atom is 0.331 e. The smallest absolute Gasteiger partial charge is 0.331 e. The molecule has 22 heavy (non-hydrogen) atoms. The van der Waals surface area contributed by atoms with Crippen molar-refractivity contribution in [1.82, 2.24) is 0 Å². The SMILES string of the molecule is Cc1ccc(/C=C/C(=O)OC(C(N)=O)c2ccccc2)cc1. The number of aryl methyl sites for hydroxylation is 1. The summed E-state index contributed by atoms with van der Waals surface area (Å²) < 4.78 is 5.14. The van der Waals surface area contributed by atoms with Gasteiger partial charge in [-0.1, -0.05) is 60.2 Å². The van der Waals surface area contributed by atoms with E-state index in [1.807, 2.05) is 31.2 Å². The molecule has 0 aliphatic heterocycles. The Hall–Kier alpha value is -2.88. The van der Waals surface area contributed by atoms with E-state index >= 15 is 0 Å². The van der Waals surface area contributed by atoms with Crippen molar-refractivity contribution in [1.29, 1.82) is 0 Å². The minimum Gasteiger partial charge on any atom is -0.444 e. The Kier molecular flexibility index (Phi) is 5.09. The predicted octanol–water partition coefficient (Wildman–Crippen LogP) is 2.78. The van der Waals surface area contributed by atoms with Gasteiger partial charge in [0, 0.05) is 11.6 Å². The number of benzene rings is 2.